The molecule has 0 fully saturated rings. The van der Waals surface area contributed by atoms with Crippen LogP contribution in [-0.4, -0.2) is 15.6 Å². The molecule has 0 aliphatic heterocycles. The van der Waals surface area contributed by atoms with Crippen LogP contribution in [-0.2, 0) is 6.42 Å². The smallest absolute Gasteiger partial charge is 0.106 e. The van der Waals surface area contributed by atoms with Crippen molar-refractivity contribution in [3.8, 4) is 0 Å². The molecule has 1 aromatic carbocycles. The van der Waals surface area contributed by atoms with Gasteiger partial charge in [-0.25, -0.2) is 0 Å². The van der Waals surface area contributed by atoms with Gasteiger partial charge in [-0.3, -0.25) is 0 Å². The van der Waals surface area contributed by atoms with Gasteiger partial charge < -0.3 is 5.11 Å². The van der Waals surface area contributed by atoms with E-state index in [-0.39, 0.29) is 0 Å². The zero-order valence-electron chi connectivity index (χ0n) is 7.78. The van der Waals surface area contributed by atoms with Crippen LogP contribution in [0.15, 0.2) is 30.0 Å². The van der Waals surface area contributed by atoms with E-state index in [0.717, 1.165) is 20.9 Å². The molecule has 0 aromatic heterocycles. The summed E-state index contributed by atoms with van der Waals surface area (Å²) in [6.07, 6.45) is 2.55. The van der Waals surface area contributed by atoms with Gasteiger partial charge in [0.25, 0.3) is 0 Å². The minimum Gasteiger partial charge on any atom is -0.511 e. The molecule has 1 aliphatic rings. The summed E-state index contributed by atoms with van der Waals surface area (Å²) in [5, 5.41) is 9.79. The molecule has 2 rings (SSSR count). The highest BCUT2D eigenvalue weighted by molar-refractivity contribution is 8.24. The Morgan fingerprint density at radius 3 is 2.86 bits per heavy atom. The van der Waals surface area contributed by atoms with Crippen LogP contribution in [0, 0.1) is 0 Å². The fraction of sp³-hybridized carbons (Fsp3) is 0.182. The summed E-state index contributed by atoms with van der Waals surface area (Å²) in [5.74, 6) is 0.408. The summed E-state index contributed by atoms with van der Waals surface area (Å²) in [6, 6.07) is 8.00. The molecule has 72 valence electrons. The highest BCUT2D eigenvalue weighted by atomic mass is 32.2. The molecular weight excluding hydrogens is 212 g/mol. The number of fused-ring (bicyclic) bond motifs is 1. The Balaban J connectivity index is 2.51. The van der Waals surface area contributed by atoms with E-state index < -0.39 is 0 Å². The van der Waals surface area contributed by atoms with Crippen molar-refractivity contribution in [3.05, 3.63) is 41.2 Å². The van der Waals surface area contributed by atoms with Crippen molar-refractivity contribution in [1.82, 2.24) is 0 Å². The second kappa shape index (κ2) is 3.75. The Bertz CT molecular complexity index is 421. The summed E-state index contributed by atoms with van der Waals surface area (Å²) >= 11 is 6.72. The number of hydrogen-bond acceptors (Lipinski definition) is 3. The third-order valence-electron chi connectivity index (χ3n) is 2.32. The lowest BCUT2D eigenvalue weighted by molar-refractivity contribution is 0.406. The monoisotopic (exact) mass is 222 g/mol. The summed E-state index contributed by atoms with van der Waals surface area (Å²) in [6.45, 7) is 0. The number of hydrogen-bond donors (Lipinski definition) is 1. The number of thioether (sulfide) groups is 1. The molecule has 0 saturated carbocycles. The minimum absolute atomic E-state index is 0.408. The first-order valence-electron chi connectivity index (χ1n) is 4.32. The molecule has 0 unspecified atom stereocenters. The Kier molecular flexibility index (Phi) is 2.61. The van der Waals surface area contributed by atoms with Crippen LogP contribution in [0.3, 0.4) is 0 Å². The topological polar surface area (TPSA) is 20.2 Å². The number of thiocarbonyl (C=S) groups is 1. The van der Waals surface area contributed by atoms with Crippen molar-refractivity contribution >= 4 is 33.7 Å². The Labute approximate surface area is 92.8 Å². The van der Waals surface area contributed by atoms with Crippen molar-refractivity contribution in [2.24, 2.45) is 0 Å². The van der Waals surface area contributed by atoms with Crippen LogP contribution in [0.1, 0.15) is 11.1 Å². The second-order valence-corrected chi connectivity index (χ2v) is 4.63. The molecule has 0 bridgehead atoms. The van der Waals surface area contributed by atoms with Crippen LogP contribution >= 0.6 is 24.0 Å². The van der Waals surface area contributed by atoms with Gasteiger partial charge in [0.05, 0.1) is 4.20 Å². The molecule has 0 radical (unpaired) electrons. The van der Waals surface area contributed by atoms with Crippen molar-refractivity contribution < 1.29 is 5.11 Å². The van der Waals surface area contributed by atoms with Gasteiger partial charge in [0, 0.05) is 12.0 Å². The van der Waals surface area contributed by atoms with Crippen molar-refractivity contribution in [3.63, 3.8) is 0 Å². The minimum atomic E-state index is 0.408. The van der Waals surface area contributed by atoms with E-state index in [1.54, 1.807) is 0 Å². The standard InChI is InChI=1S/C11H10OS2/c1-14-11(13)10-8-5-3-2-4-7(8)6-9(10)12/h2-5,12H,6H2,1H3. The van der Waals surface area contributed by atoms with Gasteiger partial charge in [0.1, 0.15) is 5.76 Å². The lowest BCUT2D eigenvalue weighted by atomic mass is 10.1. The number of aliphatic hydroxyl groups excluding tert-OH is 1. The van der Waals surface area contributed by atoms with E-state index >= 15 is 0 Å². The van der Waals surface area contributed by atoms with Crippen molar-refractivity contribution in [2.45, 2.75) is 6.42 Å². The molecule has 3 heteroatoms. The molecule has 0 atom stereocenters. The lowest BCUT2D eigenvalue weighted by Gasteiger charge is -2.04. The molecule has 14 heavy (non-hydrogen) atoms. The van der Waals surface area contributed by atoms with E-state index in [1.807, 2.05) is 30.5 Å². The van der Waals surface area contributed by atoms with E-state index in [9.17, 15) is 5.11 Å². The first kappa shape index (κ1) is 9.74. The predicted molar refractivity (Wildman–Crippen MR) is 65.8 cm³/mol. The SMILES string of the molecule is CSC(=S)C1=C(O)Cc2ccccc21. The summed E-state index contributed by atoms with van der Waals surface area (Å²) in [7, 11) is 0. The largest absolute Gasteiger partial charge is 0.511 e. The van der Waals surface area contributed by atoms with Gasteiger partial charge in [0.2, 0.25) is 0 Å². The highest BCUT2D eigenvalue weighted by Gasteiger charge is 2.22. The van der Waals surface area contributed by atoms with Crippen LogP contribution < -0.4 is 0 Å². The molecular formula is C11H10OS2. The molecule has 1 nitrogen and oxygen atoms in total. The molecule has 0 amide bonds. The van der Waals surface area contributed by atoms with Crippen LogP contribution in [0.2, 0.25) is 0 Å². The van der Waals surface area contributed by atoms with E-state index in [0.29, 0.717) is 12.2 Å². The molecule has 1 aromatic rings. The summed E-state index contributed by atoms with van der Waals surface area (Å²) in [5.41, 5.74) is 3.10. The van der Waals surface area contributed by atoms with Crippen molar-refractivity contribution in [2.75, 3.05) is 6.26 Å². The van der Waals surface area contributed by atoms with Gasteiger partial charge in [-0.05, 0) is 17.4 Å². The highest BCUT2D eigenvalue weighted by Crippen LogP contribution is 2.34. The zero-order valence-corrected chi connectivity index (χ0v) is 9.41. The average molecular weight is 222 g/mol. The van der Waals surface area contributed by atoms with E-state index in [1.165, 1.54) is 11.8 Å². The van der Waals surface area contributed by atoms with Crippen LogP contribution in [0.4, 0.5) is 0 Å². The molecule has 0 heterocycles. The quantitative estimate of drug-likeness (QED) is 0.737. The first-order chi connectivity index (χ1) is 6.74. The molecule has 1 N–H and O–H groups in total. The molecule has 0 spiro atoms. The van der Waals surface area contributed by atoms with E-state index in [4.69, 9.17) is 12.2 Å². The van der Waals surface area contributed by atoms with Gasteiger partial charge in [0.15, 0.2) is 0 Å². The normalized spacial score (nSPS) is 14.4. The first-order valence-corrected chi connectivity index (χ1v) is 5.96. The number of rotatable bonds is 1. The van der Waals surface area contributed by atoms with Gasteiger partial charge in [-0.15, -0.1) is 11.8 Å². The van der Waals surface area contributed by atoms with Gasteiger partial charge in [-0.2, -0.15) is 0 Å². The zero-order chi connectivity index (χ0) is 10.1. The second-order valence-electron chi connectivity index (χ2n) is 3.15. The Hall–Kier alpha value is -0.800. The van der Waals surface area contributed by atoms with E-state index in [2.05, 4.69) is 0 Å². The summed E-state index contributed by atoms with van der Waals surface area (Å²) in [4.78, 5) is 0. The number of benzene rings is 1. The molecule has 1 aliphatic carbocycles. The average Bonchev–Trinajstić information content (AvgIpc) is 2.53. The predicted octanol–water partition coefficient (Wildman–Crippen LogP) is 3.20. The maximum atomic E-state index is 9.79. The molecule has 0 saturated heterocycles. The van der Waals surface area contributed by atoms with Crippen molar-refractivity contribution in [1.29, 1.82) is 0 Å². The maximum Gasteiger partial charge on any atom is 0.106 e. The number of allylic oxidation sites excluding steroid dienone is 1. The van der Waals surface area contributed by atoms with Gasteiger partial charge in [-0.1, -0.05) is 36.5 Å². The maximum absolute atomic E-state index is 9.79. The van der Waals surface area contributed by atoms with Crippen LogP contribution in [0.5, 0.6) is 0 Å². The third kappa shape index (κ3) is 1.47. The fourth-order valence-electron chi connectivity index (χ4n) is 1.67. The van der Waals surface area contributed by atoms with Gasteiger partial charge >= 0.3 is 0 Å². The number of aliphatic hydroxyl groups is 1. The fourth-order valence-corrected chi connectivity index (χ4v) is 2.33. The van der Waals surface area contributed by atoms with Crippen LogP contribution in [0.25, 0.3) is 5.57 Å². The lowest BCUT2D eigenvalue weighted by Crippen LogP contribution is -1.93. The Morgan fingerprint density at radius 1 is 1.43 bits per heavy atom. The Morgan fingerprint density at radius 2 is 2.14 bits per heavy atom. The third-order valence-corrected chi connectivity index (χ3v) is 3.60. The summed E-state index contributed by atoms with van der Waals surface area (Å²) < 4.78 is 0.771.